The number of allylic oxidation sites excluding steroid dienone is 1. The molecule has 0 bridgehead atoms. The van der Waals surface area contributed by atoms with Gasteiger partial charge in [-0.05, 0) is 55.7 Å². The molecule has 2 aromatic carbocycles. The standard InChI is InChI=1S/C22H25N3O5S/c1-16(19-7-3-4-8-20(19)30-2)15-21(26)23-24-22(27)17-9-11-18(12-10-17)31(28,29)25-13-5-6-14-25/h3-4,7-12,15H,5-6,13-14H2,1-2H3,(H,23,26)(H,24,27)/b16-15-. The average Bonchev–Trinajstić information content (AvgIpc) is 3.33. The highest BCUT2D eigenvalue weighted by Gasteiger charge is 2.27. The molecule has 1 aliphatic heterocycles. The number of nitrogens with one attached hydrogen (secondary N) is 2. The van der Waals surface area contributed by atoms with E-state index in [1.807, 2.05) is 18.2 Å². The van der Waals surface area contributed by atoms with Crippen LogP contribution in [0.1, 0.15) is 35.7 Å². The van der Waals surface area contributed by atoms with E-state index in [1.165, 1.54) is 34.6 Å². The minimum atomic E-state index is -3.54. The van der Waals surface area contributed by atoms with E-state index in [4.69, 9.17) is 4.74 Å². The minimum Gasteiger partial charge on any atom is -0.496 e. The number of benzene rings is 2. The van der Waals surface area contributed by atoms with Crippen LogP contribution in [0.3, 0.4) is 0 Å². The van der Waals surface area contributed by atoms with Crippen molar-refractivity contribution in [2.45, 2.75) is 24.7 Å². The molecular weight excluding hydrogens is 418 g/mol. The third-order valence-electron chi connectivity index (χ3n) is 5.00. The van der Waals surface area contributed by atoms with Gasteiger partial charge in [-0.2, -0.15) is 4.31 Å². The van der Waals surface area contributed by atoms with Crippen LogP contribution < -0.4 is 15.6 Å². The second kappa shape index (κ2) is 9.76. The van der Waals surface area contributed by atoms with Crippen molar-refractivity contribution < 1.29 is 22.7 Å². The van der Waals surface area contributed by atoms with Crippen molar-refractivity contribution in [1.29, 1.82) is 0 Å². The van der Waals surface area contributed by atoms with Gasteiger partial charge in [0.2, 0.25) is 10.0 Å². The van der Waals surface area contributed by atoms with Gasteiger partial charge >= 0.3 is 0 Å². The Morgan fingerprint density at radius 3 is 2.29 bits per heavy atom. The SMILES string of the molecule is COc1ccccc1/C(C)=C\C(=O)NNC(=O)c1ccc(S(=O)(=O)N2CCCC2)cc1. The van der Waals surface area contributed by atoms with Gasteiger partial charge in [0.15, 0.2) is 0 Å². The van der Waals surface area contributed by atoms with E-state index in [0.29, 0.717) is 24.4 Å². The van der Waals surface area contributed by atoms with Crippen molar-refractivity contribution in [2.75, 3.05) is 20.2 Å². The van der Waals surface area contributed by atoms with E-state index in [0.717, 1.165) is 18.4 Å². The Morgan fingerprint density at radius 1 is 1.00 bits per heavy atom. The zero-order valence-electron chi connectivity index (χ0n) is 17.4. The van der Waals surface area contributed by atoms with Gasteiger partial charge in [0, 0.05) is 30.3 Å². The number of hydrogen-bond donors (Lipinski definition) is 2. The van der Waals surface area contributed by atoms with Crippen molar-refractivity contribution in [2.24, 2.45) is 0 Å². The number of amides is 2. The molecule has 1 aliphatic rings. The number of hydrazine groups is 1. The molecule has 1 fully saturated rings. The Morgan fingerprint density at radius 2 is 1.65 bits per heavy atom. The lowest BCUT2D eigenvalue weighted by molar-refractivity contribution is -0.117. The van der Waals surface area contributed by atoms with E-state index in [9.17, 15) is 18.0 Å². The van der Waals surface area contributed by atoms with Crippen LogP contribution in [0.25, 0.3) is 5.57 Å². The van der Waals surface area contributed by atoms with Crippen LogP contribution in [0, 0.1) is 0 Å². The molecule has 2 amide bonds. The predicted octanol–water partition coefficient (Wildman–Crippen LogP) is 2.34. The number of methoxy groups -OCH3 is 1. The van der Waals surface area contributed by atoms with Crippen molar-refractivity contribution in [3.05, 3.63) is 65.7 Å². The maximum atomic E-state index is 12.5. The van der Waals surface area contributed by atoms with Gasteiger partial charge in [-0.25, -0.2) is 8.42 Å². The number of para-hydroxylation sites is 1. The third-order valence-corrected chi connectivity index (χ3v) is 6.91. The number of nitrogens with zero attached hydrogens (tertiary/aromatic N) is 1. The molecule has 0 radical (unpaired) electrons. The average molecular weight is 444 g/mol. The van der Waals surface area contributed by atoms with Crippen LogP contribution in [0.5, 0.6) is 5.75 Å². The Kier molecular flexibility index (Phi) is 7.09. The molecule has 0 atom stereocenters. The fraction of sp³-hybridized carbons (Fsp3) is 0.273. The molecule has 3 rings (SSSR count). The van der Waals surface area contributed by atoms with Crippen molar-refractivity contribution in [3.63, 3.8) is 0 Å². The molecule has 9 heteroatoms. The molecule has 0 unspecified atom stereocenters. The van der Waals surface area contributed by atoms with E-state index >= 15 is 0 Å². The van der Waals surface area contributed by atoms with Gasteiger partial charge in [0.05, 0.1) is 12.0 Å². The minimum absolute atomic E-state index is 0.144. The van der Waals surface area contributed by atoms with Gasteiger partial charge in [-0.15, -0.1) is 0 Å². The number of carbonyl (C=O) groups is 2. The van der Waals surface area contributed by atoms with E-state index in [1.54, 1.807) is 20.1 Å². The maximum Gasteiger partial charge on any atom is 0.269 e. The van der Waals surface area contributed by atoms with Crippen LogP contribution in [-0.4, -0.2) is 44.7 Å². The molecule has 0 aliphatic carbocycles. The van der Waals surface area contributed by atoms with E-state index in [2.05, 4.69) is 10.9 Å². The first kappa shape index (κ1) is 22.5. The summed E-state index contributed by atoms with van der Waals surface area (Å²) in [7, 11) is -1.99. The summed E-state index contributed by atoms with van der Waals surface area (Å²) in [5.74, 6) is -0.427. The molecule has 1 heterocycles. The molecule has 0 saturated carbocycles. The number of rotatable bonds is 6. The molecule has 31 heavy (non-hydrogen) atoms. The Bertz CT molecular complexity index is 1090. The summed E-state index contributed by atoms with van der Waals surface area (Å²) >= 11 is 0. The van der Waals surface area contributed by atoms with E-state index < -0.39 is 21.8 Å². The van der Waals surface area contributed by atoms with Gasteiger partial charge in [0.1, 0.15) is 5.75 Å². The van der Waals surface area contributed by atoms with Gasteiger partial charge in [-0.1, -0.05) is 18.2 Å². The van der Waals surface area contributed by atoms with Crippen molar-refractivity contribution in [3.8, 4) is 5.75 Å². The molecule has 0 spiro atoms. The zero-order chi connectivity index (χ0) is 22.4. The normalized spacial score (nSPS) is 14.8. The quantitative estimate of drug-likeness (QED) is 0.527. The molecular formula is C22H25N3O5S. The molecule has 164 valence electrons. The first-order valence-corrected chi connectivity index (χ1v) is 11.3. The monoisotopic (exact) mass is 443 g/mol. The van der Waals surface area contributed by atoms with Crippen molar-refractivity contribution in [1.82, 2.24) is 15.2 Å². The molecule has 2 N–H and O–H groups in total. The number of sulfonamides is 1. The second-order valence-electron chi connectivity index (χ2n) is 7.11. The van der Waals surface area contributed by atoms with Crippen LogP contribution in [0.4, 0.5) is 0 Å². The van der Waals surface area contributed by atoms with Gasteiger partial charge < -0.3 is 4.74 Å². The fourth-order valence-electron chi connectivity index (χ4n) is 3.33. The fourth-order valence-corrected chi connectivity index (χ4v) is 4.84. The highest BCUT2D eigenvalue weighted by molar-refractivity contribution is 7.89. The lowest BCUT2D eigenvalue weighted by Gasteiger charge is -2.15. The summed E-state index contributed by atoms with van der Waals surface area (Å²) in [6, 6.07) is 12.9. The smallest absolute Gasteiger partial charge is 0.269 e. The van der Waals surface area contributed by atoms with Crippen LogP contribution in [0.15, 0.2) is 59.5 Å². The Balaban J connectivity index is 1.61. The summed E-state index contributed by atoms with van der Waals surface area (Å²) in [4.78, 5) is 24.6. The van der Waals surface area contributed by atoms with Crippen LogP contribution in [0.2, 0.25) is 0 Å². The zero-order valence-corrected chi connectivity index (χ0v) is 18.2. The summed E-state index contributed by atoms with van der Waals surface area (Å²) in [5, 5.41) is 0. The predicted molar refractivity (Wildman–Crippen MR) is 117 cm³/mol. The summed E-state index contributed by atoms with van der Waals surface area (Å²) in [6.45, 7) is 2.79. The topological polar surface area (TPSA) is 105 Å². The second-order valence-corrected chi connectivity index (χ2v) is 9.04. The number of carbonyl (C=O) groups excluding carboxylic acids is 2. The molecule has 0 aromatic heterocycles. The lowest BCUT2D eigenvalue weighted by Crippen LogP contribution is -2.40. The lowest BCUT2D eigenvalue weighted by atomic mass is 10.1. The summed E-state index contributed by atoms with van der Waals surface area (Å²) in [6.07, 6.45) is 3.05. The number of hydrogen-bond acceptors (Lipinski definition) is 5. The van der Waals surface area contributed by atoms with Gasteiger partial charge in [0.25, 0.3) is 11.8 Å². The van der Waals surface area contributed by atoms with Crippen molar-refractivity contribution >= 4 is 27.4 Å². The Hall–Kier alpha value is -3.17. The third kappa shape index (κ3) is 5.31. The summed E-state index contributed by atoms with van der Waals surface area (Å²) < 4.78 is 31.8. The first-order valence-electron chi connectivity index (χ1n) is 9.85. The van der Waals surface area contributed by atoms with Gasteiger partial charge in [-0.3, -0.25) is 20.4 Å². The first-order chi connectivity index (χ1) is 14.8. The molecule has 2 aromatic rings. The van der Waals surface area contributed by atoms with Crippen LogP contribution in [-0.2, 0) is 14.8 Å². The van der Waals surface area contributed by atoms with E-state index in [-0.39, 0.29) is 10.5 Å². The maximum absolute atomic E-state index is 12.5. The van der Waals surface area contributed by atoms with Crippen LogP contribution >= 0.6 is 0 Å². The molecule has 8 nitrogen and oxygen atoms in total. The molecule has 1 saturated heterocycles. The summed E-state index contributed by atoms with van der Waals surface area (Å²) in [5.41, 5.74) is 6.31. The highest BCUT2D eigenvalue weighted by atomic mass is 32.2. The number of ether oxygens (including phenoxy) is 1. The largest absolute Gasteiger partial charge is 0.496 e. The highest BCUT2D eigenvalue weighted by Crippen LogP contribution is 2.25. The Labute approximate surface area is 181 Å².